The van der Waals surface area contributed by atoms with Crippen LogP contribution in [-0.2, 0) is 16.5 Å². The predicted molar refractivity (Wildman–Crippen MR) is 50.1 cm³/mol. The van der Waals surface area contributed by atoms with Crippen molar-refractivity contribution in [3.8, 4) is 0 Å². The Balaban J connectivity index is 3.13. The van der Waals surface area contributed by atoms with Gasteiger partial charge in [0.25, 0.3) is 0 Å². The van der Waals surface area contributed by atoms with Gasteiger partial charge in [0.2, 0.25) is 0 Å². The number of rotatable bonds is 1. The second-order valence-corrected chi connectivity index (χ2v) is 4.83. The van der Waals surface area contributed by atoms with Crippen molar-refractivity contribution in [2.24, 2.45) is 0 Å². The van der Waals surface area contributed by atoms with Crippen molar-refractivity contribution in [1.29, 1.82) is 0 Å². The number of hydrogen-bond acceptors (Lipinski definition) is 3. The summed E-state index contributed by atoms with van der Waals surface area (Å²) in [5.41, 5.74) is 0.858. The Labute approximate surface area is 80.5 Å². The van der Waals surface area contributed by atoms with Crippen molar-refractivity contribution in [3.63, 3.8) is 0 Å². The van der Waals surface area contributed by atoms with Gasteiger partial charge in [-0.15, -0.1) is 0 Å². The Bertz CT molecular complexity index is 331. The summed E-state index contributed by atoms with van der Waals surface area (Å²) in [5, 5.41) is 0. The molecule has 0 fully saturated rings. The Morgan fingerprint density at radius 3 is 2.46 bits per heavy atom. The third-order valence-corrected chi connectivity index (χ3v) is 2.38. The third kappa shape index (κ3) is 2.60. The summed E-state index contributed by atoms with van der Waals surface area (Å²) in [7, 11) is 0. The Hall–Kier alpha value is -0.740. The fourth-order valence-electron chi connectivity index (χ4n) is 0.920. The molecular formula is C9H12NO2S-. The molecule has 0 aliphatic carbocycles. The number of nitrogens with zero attached hydrogens (tertiary/aromatic N) is 1. The highest BCUT2D eigenvalue weighted by molar-refractivity contribution is 7.79. The summed E-state index contributed by atoms with van der Waals surface area (Å²) >= 11 is -2.19. The predicted octanol–water partition coefficient (Wildman–Crippen LogP) is 1.62. The van der Waals surface area contributed by atoms with Gasteiger partial charge in [-0.1, -0.05) is 20.8 Å². The van der Waals surface area contributed by atoms with E-state index in [1.54, 1.807) is 12.3 Å². The molecule has 0 aliphatic rings. The lowest BCUT2D eigenvalue weighted by Gasteiger charge is -2.19. The highest BCUT2D eigenvalue weighted by atomic mass is 32.2. The maximum Gasteiger partial charge on any atom is 0.0435 e. The lowest BCUT2D eigenvalue weighted by molar-refractivity contribution is 0.535. The minimum absolute atomic E-state index is 0.0671. The summed E-state index contributed by atoms with van der Waals surface area (Å²) in [6.45, 7) is 6.05. The average molecular weight is 198 g/mol. The van der Waals surface area contributed by atoms with Gasteiger partial charge in [0.05, 0.1) is 0 Å². The van der Waals surface area contributed by atoms with Crippen LogP contribution in [-0.4, -0.2) is 13.7 Å². The van der Waals surface area contributed by atoms with Crippen LogP contribution in [0.4, 0.5) is 0 Å². The summed E-state index contributed by atoms with van der Waals surface area (Å²) in [5.74, 6) is 0. The van der Waals surface area contributed by atoms with E-state index in [1.165, 1.54) is 6.20 Å². The minimum atomic E-state index is -2.19. The monoisotopic (exact) mass is 198 g/mol. The molecule has 0 radical (unpaired) electrons. The first-order valence-electron chi connectivity index (χ1n) is 3.96. The molecule has 1 aromatic rings. The minimum Gasteiger partial charge on any atom is -0.768 e. The van der Waals surface area contributed by atoms with Crippen LogP contribution in [0, 0.1) is 0 Å². The van der Waals surface area contributed by atoms with Crippen molar-refractivity contribution in [3.05, 3.63) is 24.0 Å². The molecule has 1 rings (SSSR count). The molecule has 0 spiro atoms. The second-order valence-electron chi connectivity index (χ2n) is 3.89. The fraction of sp³-hybridized carbons (Fsp3) is 0.444. The smallest absolute Gasteiger partial charge is 0.0435 e. The fourth-order valence-corrected chi connectivity index (χ4v) is 1.29. The van der Waals surface area contributed by atoms with Crippen LogP contribution in [0.2, 0.25) is 0 Å². The molecule has 0 saturated heterocycles. The zero-order chi connectivity index (χ0) is 10.1. The Kier molecular flexibility index (Phi) is 2.83. The first-order chi connectivity index (χ1) is 5.91. The van der Waals surface area contributed by atoms with Crippen molar-refractivity contribution in [2.45, 2.75) is 31.1 Å². The molecule has 3 nitrogen and oxygen atoms in total. The number of aromatic nitrogens is 1. The lowest BCUT2D eigenvalue weighted by Crippen LogP contribution is -2.12. The van der Waals surface area contributed by atoms with Crippen molar-refractivity contribution in [1.82, 2.24) is 4.98 Å². The number of pyridine rings is 1. The van der Waals surface area contributed by atoms with Crippen molar-refractivity contribution in [2.75, 3.05) is 0 Å². The quantitative estimate of drug-likeness (QED) is 0.644. The van der Waals surface area contributed by atoms with Gasteiger partial charge in [-0.2, -0.15) is 0 Å². The first kappa shape index (κ1) is 10.3. The molecule has 0 aromatic carbocycles. The number of hydrogen-bond donors (Lipinski definition) is 0. The van der Waals surface area contributed by atoms with Gasteiger partial charge < -0.3 is 4.55 Å². The van der Waals surface area contributed by atoms with Crippen LogP contribution in [0.15, 0.2) is 23.4 Å². The summed E-state index contributed by atoms with van der Waals surface area (Å²) in [6, 6.07) is 1.65. The molecule has 0 N–H and O–H groups in total. The van der Waals surface area contributed by atoms with Crippen LogP contribution in [0.1, 0.15) is 26.3 Å². The van der Waals surface area contributed by atoms with E-state index in [1.807, 2.05) is 20.8 Å². The highest BCUT2D eigenvalue weighted by Crippen LogP contribution is 2.22. The van der Waals surface area contributed by atoms with E-state index in [2.05, 4.69) is 4.98 Å². The molecule has 0 amide bonds. The second kappa shape index (κ2) is 3.55. The van der Waals surface area contributed by atoms with Crippen LogP contribution >= 0.6 is 0 Å². The van der Waals surface area contributed by atoms with E-state index in [0.717, 1.165) is 5.56 Å². The van der Waals surface area contributed by atoms with Gasteiger partial charge in [-0.25, -0.2) is 0 Å². The molecule has 4 heteroatoms. The summed E-state index contributed by atoms with van der Waals surface area (Å²) in [4.78, 5) is 4.12. The van der Waals surface area contributed by atoms with Gasteiger partial charge >= 0.3 is 0 Å². The molecule has 0 saturated carbocycles. The van der Waals surface area contributed by atoms with E-state index < -0.39 is 11.1 Å². The van der Waals surface area contributed by atoms with Gasteiger partial charge in [-0.05, 0) is 28.1 Å². The maximum absolute atomic E-state index is 10.6. The van der Waals surface area contributed by atoms with Gasteiger partial charge in [-0.3, -0.25) is 9.19 Å². The summed E-state index contributed by atoms with van der Waals surface area (Å²) in [6.07, 6.45) is 3.04. The largest absolute Gasteiger partial charge is 0.768 e. The molecule has 0 bridgehead atoms. The molecule has 72 valence electrons. The van der Waals surface area contributed by atoms with Crippen molar-refractivity contribution >= 4 is 11.1 Å². The van der Waals surface area contributed by atoms with E-state index in [4.69, 9.17) is 0 Å². The third-order valence-electron chi connectivity index (χ3n) is 1.77. The van der Waals surface area contributed by atoms with Crippen LogP contribution in [0.25, 0.3) is 0 Å². The normalized spacial score (nSPS) is 14.2. The molecule has 0 aliphatic heterocycles. The molecular weight excluding hydrogens is 186 g/mol. The van der Waals surface area contributed by atoms with Gasteiger partial charge in [0, 0.05) is 17.3 Å². The van der Waals surface area contributed by atoms with Crippen LogP contribution in [0.5, 0.6) is 0 Å². The van der Waals surface area contributed by atoms with E-state index in [0.29, 0.717) is 0 Å². The molecule has 1 unspecified atom stereocenters. The molecule has 1 heterocycles. The van der Waals surface area contributed by atoms with Gasteiger partial charge in [0.15, 0.2) is 0 Å². The maximum atomic E-state index is 10.6. The lowest BCUT2D eigenvalue weighted by atomic mass is 9.88. The SMILES string of the molecule is CC(C)(C)c1cncc(S(=O)[O-])c1. The average Bonchev–Trinajstić information content (AvgIpc) is 2.03. The van der Waals surface area contributed by atoms with Crippen molar-refractivity contribution < 1.29 is 8.76 Å². The molecule has 1 atom stereocenters. The Morgan fingerprint density at radius 2 is 2.00 bits per heavy atom. The van der Waals surface area contributed by atoms with Gasteiger partial charge in [0.1, 0.15) is 0 Å². The van der Waals surface area contributed by atoms with Crippen LogP contribution in [0.3, 0.4) is 0 Å². The zero-order valence-electron chi connectivity index (χ0n) is 7.90. The standard InChI is InChI=1S/C9H13NO2S/c1-9(2,3)7-4-8(13(11)12)6-10-5-7/h4-6H,1-3H3,(H,11,12)/p-1. The van der Waals surface area contributed by atoms with E-state index >= 15 is 0 Å². The topological polar surface area (TPSA) is 53.0 Å². The zero-order valence-corrected chi connectivity index (χ0v) is 8.72. The Morgan fingerprint density at radius 1 is 1.38 bits per heavy atom. The molecule has 13 heavy (non-hydrogen) atoms. The van der Waals surface area contributed by atoms with E-state index in [9.17, 15) is 8.76 Å². The first-order valence-corrected chi connectivity index (χ1v) is 5.03. The highest BCUT2D eigenvalue weighted by Gasteiger charge is 2.14. The molecule has 1 aromatic heterocycles. The van der Waals surface area contributed by atoms with E-state index in [-0.39, 0.29) is 10.3 Å². The van der Waals surface area contributed by atoms with Crippen LogP contribution < -0.4 is 0 Å². The summed E-state index contributed by atoms with van der Waals surface area (Å²) < 4.78 is 21.3.